The molecule has 0 saturated carbocycles. The zero-order valence-corrected chi connectivity index (χ0v) is 8.48. The predicted molar refractivity (Wildman–Crippen MR) is 52.2 cm³/mol. The average molecular weight is 169 g/mol. The van der Waals surface area contributed by atoms with E-state index in [2.05, 4.69) is 27.4 Å². The highest BCUT2D eigenvalue weighted by molar-refractivity contribution is 5.29. The van der Waals surface area contributed by atoms with Crippen molar-refractivity contribution in [3.8, 4) is 0 Å². The summed E-state index contributed by atoms with van der Waals surface area (Å²) in [6.07, 6.45) is 0.917. The quantitative estimate of drug-likeness (QED) is 0.399. The second-order valence-corrected chi connectivity index (χ2v) is 3.25. The van der Waals surface area contributed by atoms with Gasteiger partial charge in [-0.1, -0.05) is 32.9 Å². The average Bonchev–Trinajstić information content (AvgIpc) is 1.98. The minimum absolute atomic E-state index is 0.321. The Balaban J connectivity index is 4.87. The number of nitrogens with two attached hydrogens (primary N) is 1. The molecule has 0 heterocycles. The highest BCUT2D eigenvalue weighted by Gasteiger charge is 2.10. The first kappa shape index (κ1) is 11.2. The zero-order valence-electron chi connectivity index (χ0n) is 8.48. The summed E-state index contributed by atoms with van der Waals surface area (Å²) in [5.74, 6) is 6.36. The Hall–Kier alpha value is -0.760. The maximum Gasteiger partial charge on any atom is 0.129 e. The Labute approximate surface area is 75.1 Å². The summed E-state index contributed by atoms with van der Waals surface area (Å²) in [5, 5.41) is 0. The third-order valence-corrected chi connectivity index (χ3v) is 1.82. The van der Waals surface area contributed by atoms with Crippen LogP contribution in [0.3, 0.4) is 0 Å². The lowest BCUT2D eigenvalue weighted by molar-refractivity contribution is 0.187. The van der Waals surface area contributed by atoms with Crippen LogP contribution in [0.5, 0.6) is 0 Å². The van der Waals surface area contributed by atoms with Crippen LogP contribution in [0.1, 0.15) is 34.1 Å². The highest BCUT2D eigenvalue weighted by atomic mass is 16.6. The fourth-order valence-corrected chi connectivity index (χ4v) is 1.24. The minimum Gasteiger partial charge on any atom is -0.415 e. The molecule has 0 unspecified atom stereocenters. The summed E-state index contributed by atoms with van der Waals surface area (Å²) in [6.45, 7) is 12.0. The van der Waals surface area contributed by atoms with Crippen LogP contribution in [0.4, 0.5) is 0 Å². The topological polar surface area (TPSA) is 35.2 Å². The SMILES string of the molecule is C=C(C)/C(CC)=C(\ON)C(C)C. The maximum atomic E-state index is 5.19. The van der Waals surface area contributed by atoms with Gasteiger partial charge in [0.1, 0.15) is 5.76 Å². The van der Waals surface area contributed by atoms with Crippen LogP contribution in [0.2, 0.25) is 0 Å². The first-order valence-corrected chi connectivity index (χ1v) is 4.30. The Morgan fingerprint density at radius 3 is 2.08 bits per heavy atom. The van der Waals surface area contributed by atoms with Crippen LogP contribution in [0, 0.1) is 5.92 Å². The van der Waals surface area contributed by atoms with Gasteiger partial charge < -0.3 is 4.84 Å². The molecule has 12 heavy (non-hydrogen) atoms. The van der Waals surface area contributed by atoms with Crippen molar-refractivity contribution in [2.24, 2.45) is 11.8 Å². The standard InChI is InChI=1S/C10H19NO/c1-6-9(7(2)3)10(12-11)8(4)5/h8H,2,6,11H2,1,3-5H3/b10-9-. The van der Waals surface area contributed by atoms with E-state index >= 15 is 0 Å². The molecule has 0 aromatic rings. The van der Waals surface area contributed by atoms with Gasteiger partial charge in [0.2, 0.25) is 0 Å². The molecule has 0 radical (unpaired) electrons. The Morgan fingerprint density at radius 1 is 1.50 bits per heavy atom. The molecule has 0 aliphatic carbocycles. The van der Waals surface area contributed by atoms with Gasteiger partial charge in [-0.25, -0.2) is 0 Å². The lowest BCUT2D eigenvalue weighted by Gasteiger charge is -2.14. The van der Waals surface area contributed by atoms with E-state index in [9.17, 15) is 0 Å². The molecule has 70 valence electrons. The van der Waals surface area contributed by atoms with Crippen molar-refractivity contribution in [1.29, 1.82) is 0 Å². The number of allylic oxidation sites excluding steroid dienone is 3. The molecule has 2 N–H and O–H groups in total. The third-order valence-electron chi connectivity index (χ3n) is 1.82. The molecule has 0 aromatic carbocycles. The smallest absolute Gasteiger partial charge is 0.129 e. The summed E-state index contributed by atoms with van der Waals surface area (Å²) in [7, 11) is 0. The molecule has 0 atom stereocenters. The van der Waals surface area contributed by atoms with Crippen LogP contribution >= 0.6 is 0 Å². The van der Waals surface area contributed by atoms with Gasteiger partial charge in [-0.05, 0) is 18.9 Å². The summed E-state index contributed by atoms with van der Waals surface area (Å²) in [5.41, 5.74) is 2.17. The fraction of sp³-hybridized carbons (Fsp3) is 0.600. The first-order valence-electron chi connectivity index (χ1n) is 4.30. The predicted octanol–water partition coefficient (Wildman–Crippen LogP) is 2.77. The molecule has 0 amide bonds. The Kier molecular flexibility index (Phi) is 4.67. The van der Waals surface area contributed by atoms with Gasteiger partial charge in [-0.2, -0.15) is 5.90 Å². The van der Waals surface area contributed by atoms with E-state index in [1.54, 1.807) is 0 Å². The molecule has 0 bridgehead atoms. The van der Waals surface area contributed by atoms with E-state index in [-0.39, 0.29) is 0 Å². The lowest BCUT2D eigenvalue weighted by Crippen LogP contribution is -2.09. The number of rotatable bonds is 4. The van der Waals surface area contributed by atoms with Crippen molar-refractivity contribution in [2.75, 3.05) is 0 Å². The summed E-state index contributed by atoms with van der Waals surface area (Å²) in [6, 6.07) is 0. The van der Waals surface area contributed by atoms with Crippen molar-refractivity contribution in [3.63, 3.8) is 0 Å². The lowest BCUT2D eigenvalue weighted by atomic mass is 9.99. The largest absolute Gasteiger partial charge is 0.415 e. The van der Waals surface area contributed by atoms with Crippen molar-refractivity contribution in [3.05, 3.63) is 23.5 Å². The molecule has 0 saturated heterocycles. The van der Waals surface area contributed by atoms with Crippen molar-refractivity contribution in [1.82, 2.24) is 0 Å². The van der Waals surface area contributed by atoms with Gasteiger partial charge in [-0.3, -0.25) is 0 Å². The van der Waals surface area contributed by atoms with Crippen LogP contribution in [-0.2, 0) is 4.84 Å². The molecular weight excluding hydrogens is 150 g/mol. The molecular formula is C10H19NO. The molecule has 2 heteroatoms. The second kappa shape index (κ2) is 4.99. The van der Waals surface area contributed by atoms with Crippen molar-refractivity contribution in [2.45, 2.75) is 34.1 Å². The fourth-order valence-electron chi connectivity index (χ4n) is 1.24. The second-order valence-electron chi connectivity index (χ2n) is 3.25. The number of hydrogen-bond donors (Lipinski definition) is 1. The van der Waals surface area contributed by atoms with E-state index < -0.39 is 0 Å². The van der Waals surface area contributed by atoms with Gasteiger partial charge in [0.05, 0.1) is 0 Å². The molecule has 0 rings (SSSR count). The highest BCUT2D eigenvalue weighted by Crippen LogP contribution is 2.22. The molecule has 0 aliphatic heterocycles. The summed E-state index contributed by atoms with van der Waals surface area (Å²) in [4.78, 5) is 4.84. The third kappa shape index (κ3) is 2.70. The van der Waals surface area contributed by atoms with Crippen molar-refractivity contribution < 1.29 is 4.84 Å². The Bertz CT molecular complexity index is 192. The van der Waals surface area contributed by atoms with E-state index in [4.69, 9.17) is 10.7 Å². The zero-order chi connectivity index (χ0) is 9.72. The number of hydrogen-bond acceptors (Lipinski definition) is 2. The van der Waals surface area contributed by atoms with Crippen LogP contribution in [-0.4, -0.2) is 0 Å². The summed E-state index contributed by atoms with van der Waals surface area (Å²) >= 11 is 0. The van der Waals surface area contributed by atoms with Crippen LogP contribution in [0.25, 0.3) is 0 Å². The van der Waals surface area contributed by atoms with E-state index in [1.165, 1.54) is 0 Å². The molecule has 0 aliphatic rings. The van der Waals surface area contributed by atoms with Gasteiger partial charge in [0.15, 0.2) is 0 Å². The maximum absolute atomic E-state index is 5.19. The monoisotopic (exact) mass is 169 g/mol. The van der Waals surface area contributed by atoms with E-state index in [0.29, 0.717) is 5.92 Å². The van der Waals surface area contributed by atoms with Gasteiger partial charge in [0, 0.05) is 5.92 Å². The van der Waals surface area contributed by atoms with Gasteiger partial charge in [-0.15, -0.1) is 0 Å². The van der Waals surface area contributed by atoms with Gasteiger partial charge >= 0.3 is 0 Å². The molecule has 0 spiro atoms. The van der Waals surface area contributed by atoms with E-state index in [0.717, 1.165) is 23.3 Å². The van der Waals surface area contributed by atoms with Crippen molar-refractivity contribution >= 4 is 0 Å². The van der Waals surface area contributed by atoms with Crippen LogP contribution < -0.4 is 5.90 Å². The molecule has 2 nitrogen and oxygen atoms in total. The minimum atomic E-state index is 0.321. The summed E-state index contributed by atoms with van der Waals surface area (Å²) < 4.78 is 0. The first-order chi connectivity index (χ1) is 5.54. The van der Waals surface area contributed by atoms with Crippen LogP contribution in [0.15, 0.2) is 23.5 Å². The molecule has 0 fully saturated rings. The normalized spacial score (nSPS) is 12.8. The van der Waals surface area contributed by atoms with Gasteiger partial charge in [0.25, 0.3) is 0 Å². The molecule has 0 aromatic heterocycles. The van der Waals surface area contributed by atoms with E-state index in [1.807, 2.05) is 6.92 Å². The Morgan fingerprint density at radius 2 is 2.00 bits per heavy atom.